The van der Waals surface area contributed by atoms with Gasteiger partial charge in [0.15, 0.2) is 28.2 Å². The highest BCUT2D eigenvalue weighted by Gasteiger charge is 2.24. The first kappa shape index (κ1) is 24.4. The smallest absolute Gasteiger partial charge is 0.262 e. The van der Waals surface area contributed by atoms with Gasteiger partial charge in [-0.2, -0.15) is 0 Å². The van der Waals surface area contributed by atoms with Gasteiger partial charge in [0, 0.05) is 16.8 Å². The van der Waals surface area contributed by atoms with Crippen molar-refractivity contribution in [3.05, 3.63) is 75.5 Å². The van der Waals surface area contributed by atoms with Crippen molar-refractivity contribution in [2.24, 2.45) is 0 Å². The average Bonchev–Trinajstić information content (AvgIpc) is 3.58. The van der Waals surface area contributed by atoms with E-state index in [4.69, 9.17) is 35.5 Å². The van der Waals surface area contributed by atoms with Gasteiger partial charge in [-0.1, -0.05) is 36.4 Å². The van der Waals surface area contributed by atoms with Crippen molar-refractivity contribution in [1.82, 2.24) is 9.55 Å². The molecule has 0 unspecified atom stereocenters. The second-order valence-electron chi connectivity index (χ2n) is 8.71. The molecule has 11 heteroatoms. The van der Waals surface area contributed by atoms with E-state index in [1.807, 2.05) is 25.1 Å². The first-order chi connectivity index (χ1) is 18.5. The molecule has 38 heavy (non-hydrogen) atoms. The van der Waals surface area contributed by atoms with E-state index in [1.54, 1.807) is 41.0 Å². The molecule has 194 valence electrons. The number of nitrogens with zero attached hydrogens (tertiary/aromatic N) is 2. The normalized spacial score (nSPS) is 14.1. The van der Waals surface area contributed by atoms with E-state index in [0.717, 1.165) is 5.56 Å². The SMILES string of the molecule is CC[C@H](Sc1nc2cc3c(cc2c(=O)n1Cc1ccc2c(c1)OCO2)OCO3)C(=O)Nc1ccc(Cl)cc1. The highest BCUT2D eigenvalue weighted by Crippen LogP contribution is 2.36. The number of rotatable bonds is 7. The van der Waals surface area contributed by atoms with E-state index in [-0.39, 0.29) is 31.6 Å². The molecule has 0 aliphatic carbocycles. The predicted molar refractivity (Wildman–Crippen MR) is 144 cm³/mol. The molecule has 0 radical (unpaired) electrons. The lowest BCUT2D eigenvalue weighted by Crippen LogP contribution is -2.28. The molecule has 0 saturated carbocycles. The molecule has 0 spiro atoms. The van der Waals surface area contributed by atoms with Crippen molar-refractivity contribution >= 4 is 45.9 Å². The summed E-state index contributed by atoms with van der Waals surface area (Å²) in [6.07, 6.45) is 0.517. The van der Waals surface area contributed by atoms with Crippen LogP contribution in [0.15, 0.2) is 64.5 Å². The van der Waals surface area contributed by atoms with Gasteiger partial charge < -0.3 is 24.3 Å². The van der Waals surface area contributed by atoms with Crippen LogP contribution in [-0.2, 0) is 11.3 Å². The van der Waals surface area contributed by atoms with Crippen LogP contribution in [0.4, 0.5) is 5.69 Å². The molecule has 9 nitrogen and oxygen atoms in total. The number of benzene rings is 3. The summed E-state index contributed by atoms with van der Waals surface area (Å²) in [5.41, 5.74) is 1.69. The van der Waals surface area contributed by atoms with Crippen LogP contribution in [0.1, 0.15) is 18.9 Å². The minimum atomic E-state index is -0.507. The van der Waals surface area contributed by atoms with Gasteiger partial charge in [0.2, 0.25) is 19.5 Å². The van der Waals surface area contributed by atoms with Gasteiger partial charge in [-0.05, 0) is 54.4 Å². The Hall–Kier alpha value is -3.89. The first-order valence-corrected chi connectivity index (χ1v) is 13.2. The Kier molecular flexibility index (Phi) is 6.50. The molecule has 1 aromatic heterocycles. The largest absolute Gasteiger partial charge is 0.454 e. The highest BCUT2D eigenvalue weighted by atomic mass is 35.5. The molecule has 2 aliphatic heterocycles. The Morgan fingerprint density at radius 1 is 1.00 bits per heavy atom. The van der Waals surface area contributed by atoms with E-state index >= 15 is 0 Å². The summed E-state index contributed by atoms with van der Waals surface area (Å²) in [6.45, 7) is 2.38. The van der Waals surface area contributed by atoms with Crippen LogP contribution in [0.5, 0.6) is 23.0 Å². The zero-order chi connectivity index (χ0) is 26.2. The van der Waals surface area contributed by atoms with Crippen molar-refractivity contribution in [2.75, 3.05) is 18.9 Å². The summed E-state index contributed by atoms with van der Waals surface area (Å²) in [7, 11) is 0. The third-order valence-electron chi connectivity index (χ3n) is 6.21. The molecule has 3 aromatic carbocycles. The summed E-state index contributed by atoms with van der Waals surface area (Å²) in [6, 6.07) is 15.8. The molecular weight excluding hydrogens is 530 g/mol. The van der Waals surface area contributed by atoms with Gasteiger partial charge in [-0.25, -0.2) is 4.98 Å². The van der Waals surface area contributed by atoms with Gasteiger partial charge in [0.25, 0.3) is 5.56 Å². The third-order valence-corrected chi connectivity index (χ3v) is 7.82. The minimum Gasteiger partial charge on any atom is -0.454 e. The summed E-state index contributed by atoms with van der Waals surface area (Å²) >= 11 is 7.21. The Morgan fingerprint density at radius 3 is 2.42 bits per heavy atom. The van der Waals surface area contributed by atoms with Crippen LogP contribution in [0, 0.1) is 0 Å². The summed E-state index contributed by atoms with van der Waals surface area (Å²) in [5.74, 6) is 2.11. The third kappa shape index (κ3) is 4.72. The number of ether oxygens (including phenoxy) is 4. The van der Waals surface area contributed by atoms with Crippen molar-refractivity contribution < 1.29 is 23.7 Å². The van der Waals surface area contributed by atoms with Gasteiger partial charge in [-0.15, -0.1) is 0 Å². The lowest BCUT2D eigenvalue weighted by Gasteiger charge is -2.18. The van der Waals surface area contributed by atoms with Crippen molar-refractivity contribution in [3.63, 3.8) is 0 Å². The second-order valence-corrected chi connectivity index (χ2v) is 10.3. The molecule has 2 aliphatic rings. The van der Waals surface area contributed by atoms with Crippen LogP contribution in [0.25, 0.3) is 10.9 Å². The van der Waals surface area contributed by atoms with E-state index in [0.29, 0.717) is 56.2 Å². The number of thioether (sulfide) groups is 1. The zero-order valence-electron chi connectivity index (χ0n) is 20.2. The molecule has 1 atom stereocenters. The van der Waals surface area contributed by atoms with Crippen LogP contribution >= 0.6 is 23.4 Å². The molecule has 6 rings (SSSR count). The van der Waals surface area contributed by atoms with E-state index in [2.05, 4.69) is 5.32 Å². The topological polar surface area (TPSA) is 101 Å². The fourth-order valence-corrected chi connectivity index (χ4v) is 5.39. The number of carbonyl (C=O) groups excluding carboxylic acids is 1. The first-order valence-electron chi connectivity index (χ1n) is 11.9. The molecular formula is C27H22ClN3O6S. The van der Waals surface area contributed by atoms with Crippen LogP contribution in [0.3, 0.4) is 0 Å². The average molecular weight is 552 g/mol. The monoisotopic (exact) mass is 551 g/mol. The molecule has 0 fully saturated rings. The number of anilines is 1. The highest BCUT2D eigenvalue weighted by molar-refractivity contribution is 8.00. The molecule has 4 aromatic rings. The van der Waals surface area contributed by atoms with Crippen molar-refractivity contribution in [2.45, 2.75) is 30.3 Å². The molecule has 1 N–H and O–H groups in total. The van der Waals surface area contributed by atoms with E-state index < -0.39 is 5.25 Å². The van der Waals surface area contributed by atoms with E-state index in [1.165, 1.54) is 11.8 Å². The number of amides is 1. The number of hydrogen-bond acceptors (Lipinski definition) is 8. The number of hydrogen-bond donors (Lipinski definition) is 1. The maximum atomic E-state index is 13.8. The quantitative estimate of drug-likeness (QED) is 0.251. The molecule has 1 amide bonds. The van der Waals surface area contributed by atoms with E-state index in [9.17, 15) is 9.59 Å². The lowest BCUT2D eigenvalue weighted by atomic mass is 10.2. The Morgan fingerprint density at radius 2 is 1.68 bits per heavy atom. The second kappa shape index (κ2) is 10.1. The fourth-order valence-electron chi connectivity index (χ4n) is 4.25. The summed E-state index contributed by atoms with van der Waals surface area (Å²) < 4.78 is 23.5. The summed E-state index contributed by atoms with van der Waals surface area (Å²) in [5, 5.41) is 3.81. The maximum absolute atomic E-state index is 13.8. The number of aromatic nitrogens is 2. The van der Waals surface area contributed by atoms with Crippen molar-refractivity contribution in [1.29, 1.82) is 0 Å². The Bertz CT molecular complexity index is 1610. The number of nitrogens with one attached hydrogen (secondary N) is 1. The minimum absolute atomic E-state index is 0.0847. The number of carbonyl (C=O) groups is 1. The molecule has 3 heterocycles. The summed E-state index contributed by atoms with van der Waals surface area (Å²) in [4.78, 5) is 31.8. The van der Waals surface area contributed by atoms with Crippen LogP contribution in [0.2, 0.25) is 5.02 Å². The lowest BCUT2D eigenvalue weighted by molar-refractivity contribution is -0.115. The van der Waals surface area contributed by atoms with Gasteiger partial charge in [-0.3, -0.25) is 14.2 Å². The Balaban J connectivity index is 1.38. The maximum Gasteiger partial charge on any atom is 0.262 e. The van der Waals surface area contributed by atoms with Gasteiger partial charge >= 0.3 is 0 Å². The van der Waals surface area contributed by atoms with Crippen LogP contribution < -0.4 is 29.8 Å². The fraction of sp³-hybridized carbons (Fsp3) is 0.222. The van der Waals surface area contributed by atoms with Gasteiger partial charge in [0.1, 0.15) is 0 Å². The number of fused-ring (bicyclic) bond motifs is 3. The predicted octanol–water partition coefficient (Wildman–Crippen LogP) is 5.07. The zero-order valence-corrected chi connectivity index (χ0v) is 21.8. The number of halogens is 1. The standard InChI is InChI=1S/C27H22ClN3O6S/c1-2-24(25(32)29-17-6-4-16(28)5-7-17)38-27-30-19-11-23-22(36-14-37-23)10-18(19)26(33)31(27)12-15-3-8-20-21(9-15)35-13-34-20/h3-11,24H,2,12-14H2,1H3,(H,29,32)/t24-/m0/s1. The van der Waals surface area contributed by atoms with Crippen LogP contribution in [-0.4, -0.2) is 34.3 Å². The molecule has 0 bridgehead atoms. The van der Waals surface area contributed by atoms with Gasteiger partial charge in [0.05, 0.1) is 22.7 Å². The molecule has 0 saturated heterocycles. The Labute approximate surface area is 226 Å². The van der Waals surface area contributed by atoms with Crippen molar-refractivity contribution in [3.8, 4) is 23.0 Å².